The molecule has 0 N–H and O–H groups in total. The number of hydrogen-bond acceptors (Lipinski definition) is 5. The fraction of sp³-hybridized carbons (Fsp3) is 0.333. The van der Waals surface area contributed by atoms with E-state index in [9.17, 15) is 4.79 Å². The lowest BCUT2D eigenvalue weighted by atomic mass is 9.98. The number of aromatic nitrogens is 3. The molecule has 0 fully saturated rings. The summed E-state index contributed by atoms with van der Waals surface area (Å²) >= 11 is 7.45. The Bertz CT molecular complexity index is 976. The SMILES string of the molecule is Cc1nc(-c2ccnc(Cl)c2)ccc1CCC(=O)c1cnc(C(C)(C)C)s1. The van der Waals surface area contributed by atoms with E-state index in [4.69, 9.17) is 11.6 Å². The van der Waals surface area contributed by atoms with E-state index in [2.05, 4.69) is 35.7 Å². The van der Waals surface area contributed by atoms with Crippen LogP contribution in [0.15, 0.2) is 36.7 Å². The van der Waals surface area contributed by atoms with Crippen LogP contribution in [-0.4, -0.2) is 20.7 Å². The molecular weight excluding hydrogens is 378 g/mol. The Labute approximate surface area is 168 Å². The average molecular weight is 400 g/mol. The van der Waals surface area contributed by atoms with E-state index in [-0.39, 0.29) is 11.2 Å². The van der Waals surface area contributed by atoms with Crippen molar-refractivity contribution >= 4 is 28.7 Å². The van der Waals surface area contributed by atoms with Crippen molar-refractivity contribution in [2.45, 2.75) is 46.0 Å². The van der Waals surface area contributed by atoms with Crippen molar-refractivity contribution in [2.24, 2.45) is 0 Å². The van der Waals surface area contributed by atoms with Crippen LogP contribution >= 0.6 is 22.9 Å². The van der Waals surface area contributed by atoms with Crippen LogP contribution in [-0.2, 0) is 11.8 Å². The minimum absolute atomic E-state index is 0.0324. The van der Waals surface area contributed by atoms with E-state index in [1.165, 1.54) is 11.3 Å². The number of halogens is 1. The molecule has 6 heteroatoms. The molecule has 0 aliphatic rings. The first kappa shape index (κ1) is 19.6. The summed E-state index contributed by atoms with van der Waals surface area (Å²) in [5.74, 6) is 0.132. The lowest BCUT2D eigenvalue weighted by Gasteiger charge is -2.13. The number of hydrogen-bond donors (Lipinski definition) is 0. The van der Waals surface area contributed by atoms with Gasteiger partial charge in [-0.3, -0.25) is 9.78 Å². The summed E-state index contributed by atoms with van der Waals surface area (Å²) in [4.78, 5) is 26.3. The number of aryl methyl sites for hydroxylation is 2. The number of ketones is 1. The van der Waals surface area contributed by atoms with Crippen LogP contribution in [0.2, 0.25) is 5.15 Å². The molecule has 0 atom stereocenters. The van der Waals surface area contributed by atoms with Gasteiger partial charge in [0.1, 0.15) is 5.15 Å². The lowest BCUT2D eigenvalue weighted by molar-refractivity contribution is 0.0986. The van der Waals surface area contributed by atoms with Gasteiger partial charge in [-0.05, 0) is 37.1 Å². The Balaban J connectivity index is 1.69. The third kappa shape index (κ3) is 4.79. The van der Waals surface area contributed by atoms with Crippen molar-refractivity contribution < 1.29 is 4.79 Å². The Kier molecular flexibility index (Phi) is 5.72. The molecule has 0 aliphatic carbocycles. The zero-order chi connectivity index (χ0) is 19.6. The predicted molar refractivity (Wildman–Crippen MR) is 111 cm³/mol. The first-order valence-electron chi connectivity index (χ1n) is 8.82. The standard InChI is InChI=1S/C21H22ClN3OS/c1-13-14(5-7-16(25-13)15-9-10-23-19(22)11-15)6-8-17(26)18-12-24-20(27-18)21(2,3)4/h5,7,9-12H,6,8H2,1-4H3. The second-order valence-electron chi connectivity index (χ2n) is 7.51. The van der Waals surface area contributed by atoms with Gasteiger partial charge in [-0.1, -0.05) is 38.4 Å². The van der Waals surface area contributed by atoms with Crippen LogP contribution in [0.4, 0.5) is 0 Å². The van der Waals surface area contributed by atoms with Gasteiger partial charge >= 0.3 is 0 Å². The second-order valence-corrected chi connectivity index (χ2v) is 8.93. The summed E-state index contributed by atoms with van der Waals surface area (Å²) < 4.78 is 0. The molecule has 0 aromatic carbocycles. The molecule has 3 rings (SSSR count). The summed E-state index contributed by atoms with van der Waals surface area (Å²) in [5.41, 5.74) is 3.75. The van der Waals surface area contributed by atoms with Crippen LogP contribution in [0, 0.1) is 6.92 Å². The summed E-state index contributed by atoms with van der Waals surface area (Å²) in [7, 11) is 0. The number of carbonyl (C=O) groups excluding carboxylic acids is 1. The molecule has 27 heavy (non-hydrogen) atoms. The van der Waals surface area contributed by atoms with Gasteiger partial charge < -0.3 is 0 Å². The Hall–Kier alpha value is -2.11. The zero-order valence-electron chi connectivity index (χ0n) is 15.9. The molecule has 3 aromatic rings. The number of rotatable bonds is 5. The van der Waals surface area contributed by atoms with Gasteiger partial charge in [-0.25, -0.2) is 9.97 Å². The largest absolute Gasteiger partial charge is 0.293 e. The fourth-order valence-corrected chi connectivity index (χ4v) is 3.81. The molecule has 0 unspecified atom stereocenters. The predicted octanol–water partition coefficient (Wildman–Crippen LogP) is 5.67. The van der Waals surface area contributed by atoms with Gasteiger partial charge in [0, 0.05) is 35.5 Å². The number of nitrogens with zero attached hydrogens (tertiary/aromatic N) is 3. The quantitative estimate of drug-likeness (QED) is 0.409. The average Bonchev–Trinajstić information content (AvgIpc) is 3.11. The molecular formula is C21H22ClN3OS. The molecule has 4 nitrogen and oxygen atoms in total. The molecule has 3 aromatic heterocycles. The van der Waals surface area contributed by atoms with E-state index in [0.29, 0.717) is 18.0 Å². The normalized spacial score (nSPS) is 11.6. The minimum Gasteiger partial charge on any atom is -0.293 e. The second kappa shape index (κ2) is 7.87. The van der Waals surface area contributed by atoms with Crippen molar-refractivity contribution in [1.29, 1.82) is 0 Å². The first-order chi connectivity index (χ1) is 12.7. The van der Waals surface area contributed by atoms with Crippen LogP contribution < -0.4 is 0 Å². The molecule has 0 radical (unpaired) electrons. The molecule has 3 heterocycles. The molecule has 0 aliphatic heterocycles. The van der Waals surface area contributed by atoms with Gasteiger partial charge in [0.05, 0.1) is 15.6 Å². The molecule has 0 saturated carbocycles. The molecule has 140 valence electrons. The summed E-state index contributed by atoms with van der Waals surface area (Å²) in [6.07, 6.45) is 4.49. The van der Waals surface area contributed by atoms with E-state index < -0.39 is 0 Å². The number of thiazole rings is 1. The maximum atomic E-state index is 12.5. The van der Waals surface area contributed by atoms with Crippen LogP contribution in [0.25, 0.3) is 11.3 Å². The number of carbonyl (C=O) groups is 1. The highest BCUT2D eigenvalue weighted by molar-refractivity contribution is 7.13. The van der Waals surface area contributed by atoms with Crippen LogP contribution in [0.3, 0.4) is 0 Å². The monoisotopic (exact) mass is 399 g/mol. The summed E-state index contributed by atoms with van der Waals surface area (Å²) in [6.45, 7) is 8.28. The van der Waals surface area contributed by atoms with Gasteiger partial charge in [0.15, 0.2) is 5.78 Å². The van der Waals surface area contributed by atoms with E-state index in [1.807, 2.05) is 25.1 Å². The number of Topliss-reactive ketones (excluding diaryl/α,β-unsaturated/α-hetero) is 1. The molecule has 0 saturated heterocycles. The highest BCUT2D eigenvalue weighted by Gasteiger charge is 2.20. The first-order valence-corrected chi connectivity index (χ1v) is 10.0. The van der Waals surface area contributed by atoms with Gasteiger partial charge in [-0.15, -0.1) is 11.3 Å². The highest BCUT2D eigenvalue weighted by Crippen LogP contribution is 2.28. The van der Waals surface area contributed by atoms with E-state index in [1.54, 1.807) is 18.5 Å². The Morgan fingerprint density at radius 2 is 1.96 bits per heavy atom. The van der Waals surface area contributed by atoms with Crippen LogP contribution in [0.1, 0.15) is 53.1 Å². The van der Waals surface area contributed by atoms with Crippen molar-refractivity contribution in [3.63, 3.8) is 0 Å². The van der Waals surface area contributed by atoms with Gasteiger partial charge in [-0.2, -0.15) is 0 Å². The van der Waals surface area contributed by atoms with Gasteiger partial charge in [0.25, 0.3) is 0 Å². The third-order valence-electron chi connectivity index (χ3n) is 4.26. The van der Waals surface area contributed by atoms with Crippen molar-refractivity contribution in [3.8, 4) is 11.3 Å². The highest BCUT2D eigenvalue weighted by atomic mass is 35.5. The van der Waals surface area contributed by atoms with E-state index >= 15 is 0 Å². The van der Waals surface area contributed by atoms with Crippen LogP contribution in [0.5, 0.6) is 0 Å². The lowest BCUT2D eigenvalue weighted by Crippen LogP contribution is -2.09. The minimum atomic E-state index is -0.0324. The Morgan fingerprint density at radius 1 is 1.19 bits per heavy atom. The molecule has 0 spiro atoms. The fourth-order valence-electron chi connectivity index (χ4n) is 2.70. The topological polar surface area (TPSA) is 55.7 Å². The van der Waals surface area contributed by atoms with Crippen molar-refractivity contribution in [1.82, 2.24) is 15.0 Å². The van der Waals surface area contributed by atoms with Gasteiger partial charge in [0.2, 0.25) is 0 Å². The zero-order valence-corrected chi connectivity index (χ0v) is 17.5. The number of pyridine rings is 2. The summed E-state index contributed by atoms with van der Waals surface area (Å²) in [5, 5.41) is 1.44. The molecule has 0 bridgehead atoms. The third-order valence-corrected chi connectivity index (χ3v) is 5.93. The van der Waals surface area contributed by atoms with Crippen molar-refractivity contribution in [3.05, 3.63) is 63.0 Å². The van der Waals surface area contributed by atoms with Crippen molar-refractivity contribution in [2.75, 3.05) is 0 Å². The maximum absolute atomic E-state index is 12.5. The maximum Gasteiger partial charge on any atom is 0.174 e. The summed E-state index contributed by atoms with van der Waals surface area (Å²) in [6, 6.07) is 7.67. The molecule has 0 amide bonds. The Morgan fingerprint density at radius 3 is 2.59 bits per heavy atom. The van der Waals surface area contributed by atoms with E-state index in [0.717, 1.165) is 32.4 Å². The smallest absolute Gasteiger partial charge is 0.174 e.